The highest BCUT2D eigenvalue weighted by atomic mass is 19.1. The van der Waals surface area contributed by atoms with Crippen molar-refractivity contribution in [2.45, 2.75) is 20.8 Å². The summed E-state index contributed by atoms with van der Waals surface area (Å²) in [4.78, 5) is 28.1. The molecule has 0 radical (unpaired) electrons. The van der Waals surface area contributed by atoms with Crippen LogP contribution in [0.5, 0.6) is 0 Å². The van der Waals surface area contributed by atoms with E-state index in [2.05, 4.69) is 5.32 Å². The van der Waals surface area contributed by atoms with Crippen molar-refractivity contribution in [1.82, 2.24) is 0 Å². The fourth-order valence-corrected chi connectivity index (χ4v) is 3.70. The molecule has 4 nitrogen and oxygen atoms in total. The number of nitrogens with one attached hydrogen (secondary N) is 1. The maximum atomic E-state index is 13.5. The summed E-state index contributed by atoms with van der Waals surface area (Å²) < 4.78 is 13.3. The second-order valence-electron chi connectivity index (χ2n) is 7.43. The van der Waals surface area contributed by atoms with E-state index >= 15 is 0 Å². The van der Waals surface area contributed by atoms with Gasteiger partial charge in [-0.2, -0.15) is 0 Å². The zero-order valence-electron chi connectivity index (χ0n) is 17.0. The predicted octanol–water partition coefficient (Wildman–Crippen LogP) is 5.15. The predicted molar refractivity (Wildman–Crippen MR) is 117 cm³/mol. The Labute approximate surface area is 174 Å². The van der Waals surface area contributed by atoms with Gasteiger partial charge in [-0.15, -0.1) is 0 Å². The molecule has 1 N–H and O–H groups in total. The standard InChI is InChI=1S/C25H21FN2O2/c1-15-8-13-20(17(3)14-15)22-23(27-19-11-9-18(26)10-12-19)25(30)28(24(22)29)21-7-5-4-6-16(21)2/h4-14,27H,1-3H3. The number of hydrogen-bond donors (Lipinski definition) is 1. The summed E-state index contributed by atoms with van der Waals surface area (Å²) in [5, 5.41) is 3.06. The molecule has 3 aromatic carbocycles. The summed E-state index contributed by atoms with van der Waals surface area (Å²) in [5.41, 5.74) is 5.05. The number of rotatable bonds is 4. The Bertz CT molecular complexity index is 1200. The molecule has 2 amide bonds. The first-order valence-corrected chi connectivity index (χ1v) is 9.65. The van der Waals surface area contributed by atoms with Crippen LogP contribution < -0.4 is 10.2 Å². The molecule has 0 spiro atoms. The molecule has 0 saturated carbocycles. The van der Waals surface area contributed by atoms with Crippen LogP contribution in [0, 0.1) is 26.6 Å². The largest absolute Gasteiger partial charge is 0.350 e. The zero-order valence-corrected chi connectivity index (χ0v) is 17.0. The number of carbonyl (C=O) groups is 2. The van der Waals surface area contributed by atoms with E-state index in [1.54, 1.807) is 12.1 Å². The van der Waals surface area contributed by atoms with Gasteiger partial charge in [-0.05, 0) is 67.8 Å². The van der Waals surface area contributed by atoms with E-state index in [9.17, 15) is 14.0 Å². The van der Waals surface area contributed by atoms with Gasteiger partial charge in [0, 0.05) is 5.69 Å². The minimum absolute atomic E-state index is 0.182. The lowest BCUT2D eigenvalue weighted by Crippen LogP contribution is -2.33. The summed E-state index contributed by atoms with van der Waals surface area (Å²) in [5.74, 6) is -1.20. The summed E-state index contributed by atoms with van der Waals surface area (Å²) in [7, 11) is 0. The molecular weight excluding hydrogens is 379 g/mol. The Morgan fingerprint density at radius 1 is 0.800 bits per heavy atom. The SMILES string of the molecule is Cc1ccc(C2=C(Nc3ccc(F)cc3)C(=O)N(c3ccccc3C)C2=O)c(C)c1. The van der Waals surface area contributed by atoms with Crippen LogP contribution in [0.4, 0.5) is 15.8 Å². The second kappa shape index (κ2) is 7.59. The van der Waals surface area contributed by atoms with Crippen LogP contribution in [0.15, 0.2) is 72.4 Å². The maximum Gasteiger partial charge on any atom is 0.282 e. The van der Waals surface area contributed by atoms with Crippen LogP contribution in [0.25, 0.3) is 5.57 Å². The topological polar surface area (TPSA) is 49.4 Å². The first-order valence-electron chi connectivity index (χ1n) is 9.65. The Balaban J connectivity index is 1.87. The van der Waals surface area contributed by atoms with Crippen molar-refractivity contribution in [1.29, 1.82) is 0 Å². The van der Waals surface area contributed by atoms with E-state index in [0.29, 0.717) is 22.5 Å². The Kier molecular flexibility index (Phi) is 4.96. The van der Waals surface area contributed by atoms with E-state index in [-0.39, 0.29) is 17.4 Å². The highest BCUT2D eigenvalue weighted by Crippen LogP contribution is 2.36. The van der Waals surface area contributed by atoms with Crippen LogP contribution in [0.3, 0.4) is 0 Å². The minimum atomic E-state index is -0.436. The average Bonchev–Trinajstić information content (AvgIpc) is 2.94. The number of aryl methyl sites for hydroxylation is 3. The van der Waals surface area contributed by atoms with Crippen molar-refractivity contribution in [3.8, 4) is 0 Å². The number of amides is 2. The van der Waals surface area contributed by atoms with Gasteiger partial charge in [0.15, 0.2) is 0 Å². The molecular formula is C25H21FN2O2. The molecule has 0 atom stereocenters. The summed E-state index contributed by atoms with van der Waals surface area (Å²) in [6.45, 7) is 5.75. The van der Waals surface area contributed by atoms with Crippen molar-refractivity contribution in [2.24, 2.45) is 0 Å². The number of anilines is 2. The van der Waals surface area contributed by atoms with E-state index < -0.39 is 5.91 Å². The van der Waals surface area contributed by atoms with E-state index in [1.807, 2.05) is 51.1 Å². The summed E-state index contributed by atoms with van der Waals surface area (Å²) >= 11 is 0. The fraction of sp³-hybridized carbons (Fsp3) is 0.120. The van der Waals surface area contributed by atoms with E-state index in [4.69, 9.17) is 0 Å². The lowest BCUT2D eigenvalue weighted by Gasteiger charge is -2.17. The lowest BCUT2D eigenvalue weighted by molar-refractivity contribution is -0.120. The first-order chi connectivity index (χ1) is 14.4. The molecule has 0 fully saturated rings. The molecule has 0 saturated heterocycles. The third-order valence-corrected chi connectivity index (χ3v) is 5.21. The highest BCUT2D eigenvalue weighted by molar-refractivity contribution is 6.46. The maximum absolute atomic E-state index is 13.5. The second-order valence-corrected chi connectivity index (χ2v) is 7.43. The highest BCUT2D eigenvalue weighted by Gasteiger charge is 2.41. The monoisotopic (exact) mass is 400 g/mol. The molecule has 1 heterocycles. The molecule has 1 aliphatic rings. The molecule has 0 aliphatic carbocycles. The number of carbonyl (C=O) groups excluding carboxylic acids is 2. The molecule has 5 heteroatoms. The summed E-state index contributed by atoms with van der Waals surface area (Å²) in [6.07, 6.45) is 0. The van der Waals surface area contributed by atoms with Gasteiger partial charge in [-0.1, -0.05) is 42.0 Å². The smallest absolute Gasteiger partial charge is 0.282 e. The zero-order chi connectivity index (χ0) is 21.4. The number of benzene rings is 3. The number of hydrogen-bond acceptors (Lipinski definition) is 3. The molecule has 4 rings (SSSR count). The van der Waals surface area contributed by atoms with Crippen molar-refractivity contribution < 1.29 is 14.0 Å². The molecule has 150 valence electrons. The number of nitrogens with zero attached hydrogens (tertiary/aromatic N) is 1. The third kappa shape index (κ3) is 3.39. The van der Waals surface area contributed by atoms with Gasteiger partial charge in [0.05, 0.1) is 11.3 Å². The molecule has 0 aromatic heterocycles. The van der Waals surface area contributed by atoms with Crippen molar-refractivity contribution in [3.63, 3.8) is 0 Å². The van der Waals surface area contributed by atoms with Gasteiger partial charge in [0.25, 0.3) is 11.8 Å². The van der Waals surface area contributed by atoms with Gasteiger partial charge >= 0.3 is 0 Å². The van der Waals surface area contributed by atoms with Crippen LogP contribution in [0.2, 0.25) is 0 Å². The Morgan fingerprint density at radius 3 is 2.17 bits per heavy atom. The van der Waals surface area contributed by atoms with Crippen LogP contribution >= 0.6 is 0 Å². The number of halogens is 1. The van der Waals surface area contributed by atoms with E-state index in [0.717, 1.165) is 16.7 Å². The van der Waals surface area contributed by atoms with Gasteiger partial charge in [-0.3, -0.25) is 9.59 Å². The number of imide groups is 1. The summed E-state index contributed by atoms with van der Waals surface area (Å²) in [6, 6.07) is 18.7. The van der Waals surface area contributed by atoms with Gasteiger partial charge < -0.3 is 5.32 Å². The van der Waals surface area contributed by atoms with E-state index in [1.165, 1.54) is 29.2 Å². The Hall–Kier alpha value is -3.73. The van der Waals surface area contributed by atoms with Gasteiger partial charge in [0.2, 0.25) is 0 Å². The first kappa shape index (κ1) is 19.6. The fourth-order valence-electron chi connectivity index (χ4n) is 3.70. The van der Waals surface area contributed by atoms with Crippen LogP contribution in [-0.4, -0.2) is 11.8 Å². The van der Waals surface area contributed by atoms with Crippen molar-refractivity contribution >= 4 is 28.8 Å². The van der Waals surface area contributed by atoms with Crippen LogP contribution in [-0.2, 0) is 9.59 Å². The lowest BCUT2D eigenvalue weighted by atomic mass is 9.97. The normalized spacial score (nSPS) is 13.9. The van der Waals surface area contributed by atoms with Gasteiger partial charge in [0.1, 0.15) is 11.5 Å². The molecule has 1 aliphatic heterocycles. The van der Waals surface area contributed by atoms with Crippen molar-refractivity contribution in [3.05, 3.63) is 100 Å². The number of para-hydroxylation sites is 1. The quantitative estimate of drug-likeness (QED) is 0.617. The minimum Gasteiger partial charge on any atom is -0.350 e. The van der Waals surface area contributed by atoms with Crippen LogP contribution in [0.1, 0.15) is 22.3 Å². The molecule has 0 bridgehead atoms. The third-order valence-electron chi connectivity index (χ3n) is 5.21. The van der Waals surface area contributed by atoms with Crippen molar-refractivity contribution in [2.75, 3.05) is 10.2 Å². The molecule has 0 unspecified atom stereocenters. The molecule has 30 heavy (non-hydrogen) atoms. The molecule has 3 aromatic rings. The average molecular weight is 400 g/mol. The van der Waals surface area contributed by atoms with Gasteiger partial charge in [-0.25, -0.2) is 9.29 Å². The Morgan fingerprint density at radius 2 is 1.50 bits per heavy atom.